The van der Waals surface area contributed by atoms with Crippen LogP contribution in [-0.4, -0.2) is 18.3 Å². The molecule has 0 unspecified atom stereocenters. The summed E-state index contributed by atoms with van der Waals surface area (Å²) < 4.78 is 6.47. The summed E-state index contributed by atoms with van der Waals surface area (Å²) in [7, 11) is 7.10. The number of hydrogen-bond donors (Lipinski definition) is 0. The summed E-state index contributed by atoms with van der Waals surface area (Å²) in [4.78, 5) is 44.5. The number of hydrogen-bond acceptors (Lipinski definition) is 4. The normalized spacial score (nSPS) is 9.38. The van der Waals surface area contributed by atoms with Crippen LogP contribution in [0.25, 0.3) is 0 Å². The Morgan fingerprint density at radius 3 is 1.35 bits per heavy atom. The number of aromatic nitrogens is 4. The van der Waals surface area contributed by atoms with Gasteiger partial charge < -0.3 is 18.3 Å². The molecule has 4 aromatic rings. The van der Waals surface area contributed by atoms with Gasteiger partial charge in [-0.05, 0) is 53.0 Å². The molecule has 0 N–H and O–H groups in total. The monoisotopic (exact) mass is 725 g/mol. The van der Waals surface area contributed by atoms with Gasteiger partial charge in [0.25, 0.3) is 11.1 Å². The van der Waals surface area contributed by atoms with Gasteiger partial charge in [-0.15, -0.1) is 0 Å². The first-order chi connectivity index (χ1) is 24.5. The smallest absolute Gasteiger partial charge is 0.253 e. The topological polar surface area (TPSA) is 88.0 Å². The zero-order chi connectivity index (χ0) is 41.7. The lowest BCUT2D eigenvalue weighted by Gasteiger charge is -2.09. The average Bonchev–Trinajstić information content (AvgIpc) is 3.13. The summed E-state index contributed by atoms with van der Waals surface area (Å²) in [5.74, 6) is 1.65. The molecule has 0 atom stereocenters. The number of aryl methyl sites for hydroxylation is 3. The van der Waals surface area contributed by atoms with Crippen LogP contribution < -0.4 is 22.2 Å². The molecule has 0 aromatic carbocycles. The third-order valence-electron chi connectivity index (χ3n) is 7.16. The molecule has 0 aliphatic carbocycles. The maximum absolute atomic E-state index is 11.4. The van der Waals surface area contributed by atoms with Gasteiger partial charge in [-0.25, -0.2) is 0 Å². The van der Waals surface area contributed by atoms with Crippen LogP contribution in [0.5, 0.6) is 0 Å². The Morgan fingerprint density at radius 1 is 0.442 bits per heavy atom. The fraction of sp³-hybridized carbons (Fsp3) is 0.545. The van der Waals surface area contributed by atoms with Crippen molar-refractivity contribution in [1.82, 2.24) is 18.3 Å². The summed E-state index contributed by atoms with van der Waals surface area (Å²) in [5, 5.41) is 0. The van der Waals surface area contributed by atoms with E-state index in [0.717, 1.165) is 16.8 Å². The van der Waals surface area contributed by atoms with E-state index < -0.39 is 0 Å². The van der Waals surface area contributed by atoms with Gasteiger partial charge >= 0.3 is 0 Å². The van der Waals surface area contributed by atoms with Crippen LogP contribution in [0, 0.1) is 0 Å². The summed E-state index contributed by atoms with van der Waals surface area (Å²) in [6.07, 6.45) is 5.46. The lowest BCUT2D eigenvalue weighted by molar-refractivity contribution is 0.707. The second kappa shape index (κ2) is 31.5. The molecular weight excluding hydrogens is 649 g/mol. The second-order valence-corrected chi connectivity index (χ2v) is 12.2. The van der Waals surface area contributed by atoms with E-state index in [9.17, 15) is 19.2 Å². The largest absolute Gasteiger partial charge is 0.319 e. The molecule has 0 saturated carbocycles. The zero-order valence-corrected chi connectivity index (χ0v) is 36.7. The van der Waals surface area contributed by atoms with Gasteiger partial charge in [0.05, 0.1) is 0 Å². The van der Waals surface area contributed by atoms with E-state index in [4.69, 9.17) is 0 Å². The summed E-state index contributed by atoms with van der Waals surface area (Å²) in [6, 6.07) is 16.3. The maximum Gasteiger partial charge on any atom is 0.253 e. The Kier molecular flexibility index (Phi) is 33.1. The SMILES string of the molecule is CC.CC.CC.CC.CC(C)c1ccc(=O)n(C)c1.CC(C)c1cccc(=O)n1C.CC(C)c1cccn(C)c1=O.CC(C)c1ccn(C)c(=O)c1. The van der Waals surface area contributed by atoms with E-state index in [1.807, 2.05) is 106 Å². The molecule has 8 heteroatoms. The van der Waals surface area contributed by atoms with Gasteiger partial charge in [0.1, 0.15) is 0 Å². The molecule has 0 bridgehead atoms. The van der Waals surface area contributed by atoms with Gasteiger partial charge in [0.15, 0.2) is 0 Å². The Bertz CT molecular complexity index is 1700. The highest BCUT2D eigenvalue weighted by Crippen LogP contribution is 2.11. The van der Waals surface area contributed by atoms with Crippen molar-refractivity contribution in [2.75, 3.05) is 0 Å². The van der Waals surface area contributed by atoms with Crippen LogP contribution in [0.3, 0.4) is 0 Å². The highest BCUT2D eigenvalue weighted by atomic mass is 16.1. The van der Waals surface area contributed by atoms with Crippen molar-refractivity contribution in [3.8, 4) is 0 Å². The predicted octanol–water partition coefficient (Wildman–Crippen LogP) is 10.1. The number of pyridine rings is 4. The first kappa shape index (κ1) is 54.6. The first-order valence-electron chi connectivity index (χ1n) is 19.1. The van der Waals surface area contributed by atoms with Crippen molar-refractivity contribution in [2.45, 2.75) is 134 Å². The molecule has 4 heterocycles. The fourth-order valence-electron chi connectivity index (χ4n) is 4.10. The summed E-state index contributed by atoms with van der Waals surface area (Å²) in [6.45, 7) is 32.6. The van der Waals surface area contributed by atoms with Crippen LogP contribution in [0.4, 0.5) is 0 Å². The average molecular weight is 725 g/mol. The Hall–Kier alpha value is -4.20. The molecule has 52 heavy (non-hydrogen) atoms. The van der Waals surface area contributed by atoms with Gasteiger partial charge in [0.2, 0.25) is 11.1 Å². The van der Waals surface area contributed by atoms with Gasteiger partial charge in [-0.3, -0.25) is 19.2 Å². The van der Waals surface area contributed by atoms with Crippen molar-refractivity contribution in [1.29, 1.82) is 0 Å². The molecular formula is C44H76N4O4. The standard InChI is InChI=1S/4C9H13NO.4C2H6/c1-7(2)8-4-5-10(3)9(11)6-8;1-7(2)8-4-5-9(11)10(3)6-8;1-7(2)8-5-4-6-10(3)9(8)11;1-7(2)8-5-4-6-9(11)10(8)3;4*1-2/h4*4-7H,1-3H3;4*1-2H3. The van der Waals surface area contributed by atoms with Crippen molar-refractivity contribution in [3.05, 3.63) is 137 Å². The molecule has 0 amide bonds. The molecule has 0 saturated heterocycles. The van der Waals surface area contributed by atoms with Crippen molar-refractivity contribution in [3.63, 3.8) is 0 Å². The highest BCUT2D eigenvalue weighted by molar-refractivity contribution is 5.15. The highest BCUT2D eigenvalue weighted by Gasteiger charge is 2.04. The molecule has 296 valence electrons. The molecule has 0 fully saturated rings. The fourth-order valence-corrected chi connectivity index (χ4v) is 4.10. The van der Waals surface area contributed by atoms with Gasteiger partial charge in [0, 0.05) is 76.2 Å². The molecule has 0 spiro atoms. The first-order valence-corrected chi connectivity index (χ1v) is 19.1. The molecule has 4 aromatic heterocycles. The Balaban J connectivity index is -0.000000277. The third-order valence-corrected chi connectivity index (χ3v) is 7.16. The van der Waals surface area contributed by atoms with E-state index in [2.05, 4.69) is 41.5 Å². The summed E-state index contributed by atoms with van der Waals surface area (Å²) in [5.41, 5.74) is 4.57. The van der Waals surface area contributed by atoms with Crippen molar-refractivity contribution < 1.29 is 0 Å². The molecule has 0 radical (unpaired) electrons. The van der Waals surface area contributed by atoms with Crippen LogP contribution >= 0.6 is 0 Å². The number of rotatable bonds is 4. The van der Waals surface area contributed by atoms with Crippen LogP contribution in [0.1, 0.15) is 157 Å². The third kappa shape index (κ3) is 21.2. The Morgan fingerprint density at radius 2 is 0.962 bits per heavy atom. The van der Waals surface area contributed by atoms with E-state index in [0.29, 0.717) is 23.7 Å². The Labute approximate surface area is 317 Å². The minimum absolute atomic E-state index is 0.0504. The maximum atomic E-state index is 11.4. The molecule has 0 aliphatic heterocycles. The van der Waals surface area contributed by atoms with Crippen LogP contribution in [-0.2, 0) is 28.2 Å². The zero-order valence-electron chi connectivity index (χ0n) is 36.7. The van der Waals surface area contributed by atoms with Gasteiger partial charge in [-0.2, -0.15) is 0 Å². The van der Waals surface area contributed by atoms with Crippen LogP contribution in [0.15, 0.2) is 92.4 Å². The van der Waals surface area contributed by atoms with E-state index in [-0.39, 0.29) is 22.2 Å². The molecule has 0 aliphatic rings. The minimum Gasteiger partial charge on any atom is -0.319 e. The minimum atomic E-state index is 0.0504. The van der Waals surface area contributed by atoms with E-state index in [1.165, 1.54) is 5.56 Å². The molecule has 8 nitrogen and oxygen atoms in total. The van der Waals surface area contributed by atoms with E-state index >= 15 is 0 Å². The van der Waals surface area contributed by atoms with Crippen molar-refractivity contribution in [2.24, 2.45) is 28.2 Å². The van der Waals surface area contributed by atoms with E-state index in [1.54, 1.807) is 83.1 Å². The molecule has 4 rings (SSSR count). The predicted molar refractivity (Wildman–Crippen MR) is 228 cm³/mol. The quantitative estimate of drug-likeness (QED) is 0.210. The van der Waals surface area contributed by atoms with Crippen LogP contribution in [0.2, 0.25) is 0 Å². The summed E-state index contributed by atoms with van der Waals surface area (Å²) >= 11 is 0. The van der Waals surface area contributed by atoms with Crippen molar-refractivity contribution >= 4 is 0 Å². The van der Waals surface area contributed by atoms with Gasteiger partial charge in [-0.1, -0.05) is 129 Å². The lowest BCUT2D eigenvalue weighted by Crippen LogP contribution is -2.20. The number of nitrogens with zero attached hydrogens (tertiary/aromatic N) is 4. The second-order valence-electron chi connectivity index (χ2n) is 12.2. The lowest BCUT2D eigenvalue weighted by atomic mass is 10.1.